The van der Waals surface area contributed by atoms with Crippen LogP contribution in [0.1, 0.15) is 31.2 Å². The SMILES string of the molecule is CC(C)c1nc2ncc(CN(C)O)cn2n1. The van der Waals surface area contributed by atoms with Crippen molar-refractivity contribution in [2.75, 3.05) is 7.05 Å². The maximum absolute atomic E-state index is 9.13. The molecule has 2 aromatic rings. The maximum atomic E-state index is 9.13. The van der Waals surface area contributed by atoms with Crippen LogP contribution in [0.3, 0.4) is 0 Å². The summed E-state index contributed by atoms with van der Waals surface area (Å²) in [7, 11) is 1.59. The maximum Gasteiger partial charge on any atom is 0.252 e. The van der Waals surface area contributed by atoms with Crippen LogP contribution in [-0.4, -0.2) is 36.9 Å². The molecule has 0 bridgehead atoms. The second-order valence-corrected chi connectivity index (χ2v) is 4.15. The molecule has 0 aliphatic rings. The zero-order valence-corrected chi connectivity index (χ0v) is 9.62. The van der Waals surface area contributed by atoms with Gasteiger partial charge >= 0.3 is 0 Å². The highest BCUT2D eigenvalue weighted by atomic mass is 16.5. The van der Waals surface area contributed by atoms with Crippen LogP contribution in [0.2, 0.25) is 0 Å². The van der Waals surface area contributed by atoms with E-state index in [0.29, 0.717) is 12.3 Å². The third-order valence-electron chi connectivity index (χ3n) is 2.19. The molecule has 0 aliphatic carbocycles. The Morgan fingerprint density at radius 3 is 2.88 bits per heavy atom. The average Bonchev–Trinajstić information content (AvgIpc) is 2.59. The van der Waals surface area contributed by atoms with Crippen LogP contribution in [-0.2, 0) is 6.54 Å². The summed E-state index contributed by atoms with van der Waals surface area (Å²) in [6.07, 6.45) is 3.52. The Hall–Kier alpha value is -1.53. The van der Waals surface area contributed by atoms with E-state index in [1.54, 1.807) is 17.8 Å². The molecule has 0 radical (unpaired) electrons. The smallest absolute Gasteiger partial charge is 0.252 e. The lowest BCUT2D eigenvalue weighted by atomic mass is 10.2. The van der Waals surface area contributed by atoms with E-state index in [4.69, 9.17) is 5.21 Å². The van der Waals surface area contributed by atoms with Gasteiger partial charge in [-0.15, -0.1) is 5.10 Å². The first-order valence-corrected chi connectivity index (χ1v) is 5.17. The predicted molar refractivity (Wildman–Crippen MR) is 58.1 cm³/mol. The lowest BCUT2D eigenvalue weighted by Gasteiger charge is -2.06. The molecular formula is C10H15N5O. The van der Waals surface area contributed by atoms with Crippen LogP contribution in [0.25, 0.3) is 5.78 Å². The normalized spacial score (nSPS) is 11.9. The van der Waals surface area contributed by atoms with E-state index in [9.17, 15) is 0 Å². The van der Waals surface area contributed by atoms with Crippen molar-refractivity contribution in [3.05, 3.63) is 23.8 Å². The van der Waals surface area contributed by atoms with Crippen LogP contribution < -0.4 is 0 Å². The Bertz CT molecular complexity index is 491. The highest BCUT2D eigenvalue weighted by Crippen LogP contribution is 2.10. The Kier molecular flexibility index (Phi) is 2.84. The molecule has 16 heavy (non-hydrogen) atoms. The van der Waals surface area contributed by atoms with Crippen molar-refractivity contribution in [3.8, 4) is 0 Å². The second-order valence-electron chi connectivity index (χ2n) is 4.15. The minimum Gasteiger partial charge on any atom is -0.314 e. The molecule has 0 aromatic carbocycles. The number of hydroxylamine groups is 2. The van der Waals surface area contributed by atoms with E-state index in [0.717, 1.165) is 16.5 Å². The van der Waals surface area contributed by atoms with Gasteiger partial charge in [0, 0.05) is 30.9 Å². The van der Waals surface area contributed by atoms with E-state index in [1.807, 2.05) is 20.0 Å². The molecule has 6 heteroatoms. The molecule has 2 aromatic heterocycles. The molecule has 0 unspecified atom stereocenters. The molecule has 1 N–H and O–H groups in total. The Morgan fingerprint density at radius 1 is 1.50 bits per heavy atom. The molecule has 0 aliphatic heterocycles. The highest BCUT2D eigenvalue weighted by Gasteiger charge is 2.08. The third-order valence-corrected chi connectivity index (χ3v) is 2.19. The molecule has 2 heterocycles. The quantitative estimate of drug-likeness (QED) is 0.785. The monoisotopic (exact) mass is 221 g/mol. The average molecular weight is 221 g/mol. The molecular weight excluding hydrogens is 206 g/mol. The number of hydrogen-bond donors (Lipinski definition) is 1. The summed E-state index contributed by atoms with van der Waals surface area (Å²) in [5.74, 6) is 1.65. The first-order chi connectivity index (χ1) is 7.56. The Labute approximate surface area is 93.5 Å². The minimum atomic E-state index is 0.283. The van der Waals surface area contributed by atoms with Crippen LogP contribution >= 0.6 is 0 Å². The molecule has 0 saturated carbocycles. The molecule has 0 spiro atoms. The highest BCUT2D eigenvalue weighted by molar-refractivity contribution is 5.28. The van der Waals surface area contributed by atoms with Crippen molar-refractivity contribution in [2.24, 2.45) is 0 Å². The molecule has 0 amide bonds. The fraction of sp³-hybridized carbons (Fsp3) is 0.500. The summed E-state index contributed by atoms with van der Waals surface area (Å²) >= 11 is 0. The fourth-order valence-corrected chi connectivity index (χ4v) is 1.43. The first kappa shape index (κ1) is 11.0. The Balaban J connectivity index is 2.38. The van der Waals surface area contributed by atoms with E-state index in [1.165, 1.54) is 0 Å². The third kappa shape index (κ3) is 2.17. The molecule has 6 nitrogen and oxygen atoms in total. The van der Waals surface area contributed by atoms with Crippen LogP contribution in [0.15, 0.2) is 12.4 Å². The van der Waals surface area contributed by atoms with Gasteiger partial charge in [-0.05, 0) is 0 Å². The van der Waals surface area contributed by atoms with E-state index < -0.39 is 0 Å². The standard InChI is InChI=1S/C10H15N5O/c1-7(2)9-12-10-11-4-8(5-14(3)16)6-15(10)13-9/h4,6-7,16H,5H2,1-3H3. The molecule has 0 atom stereocenters. The van der Waals surface area contributed by atoms with Gasteiger partial charge in [0.2, 0.25) is 0 Å². The van der Waals surface area contributed by atoms with Crippen molar-refractivity contribution >= 4 is 5.78 Å². The zero-order chi connectivity index (χ0) is 11.7. The first-order valence-electron chi connectivity index (χ1n) is 5.17. The van der Waals surface area contributed by atoms with Crippen LogP contribution in [0.4, 0.5) is 0 Å². The second kappa shape index (κ2) is 4.15. The molecule has 0 fully saturated rings. The van der Waals surface area contributed by atoms with E-state index >= 15 is 0 Å². The number of aromatic nitrogens is 4. The van der Waals surface area contributed by atoms with Gasteiger partial charge in [-0.3, -0.25) is 0 Å². The summed E-state index contributed by atoms with van der Waals surface area (Å²) < 4.78 is 1.65. The zero-order valence-electron chi connectivity index (χ0n) is 9.62. The van der Waals surface area contributed by atoms with Gasteiger partial charge in [-0.2, -0.15) is 10.0 Å². The largest absolute Gasteiger partial charge is 0.314 e. The Morgan fingerprint density at radius 2 is 2.25 bits per heavy atom. The van der Waals surface area contributed by atoms with Crippen LogP contribution in [0.5, 0.6) is 0 Å². The van der Waals surface area contributed by atoms with Crippen molar-refractivity contribution in [2.45, 2.75) is 26.3 Å². The van der Waals surface area contributed by atoms with Gasteiger partial charge in [-0.25, -0.2) is 9.50 Å². The summed E-state index contributed by atoms with van der Waals surface area (Å²) in [6.45, 7) is 4.49. The number of hydrogen-bond acceptors (Lipinski definition) is 5. The minimum absolute atomic E-state index is 0.283. The summed E-state index contributed by atoms with van der Waals surface area (Å²) in [4.78, 5) is 8.49. The van der Waals surface area contributed by atoms with Crippen LogP contribution in [0, 0.1) is 0 Å². The fourth-order valence-electron chi connectivity index (χ4n) is 1.43. The summed E-state index contributed by atoms with van der Waals surface area (Å²) in [6, 6.07) is 0. The van der Waals surface area contributed by atoms with Gasteiger partial charge in [0.1, 0.15) is 0 Å². The van der Waals surface area contributed by atoms with E-state index in [-0.39, 0.29) is 5.92 Å². The van der Waals surface area contributed by atoms with Gasteiger partial charge in [0.15, 0.2) is 5.82 Å². The molecule has 0 saturated heterocycles. The van der Waals surface area contributed by atoms with Crippen molar-refractivity contribution < 1.29 is 5.21 Å². The van der Waals surface area contributed by atoms with Gasteiger partial charge in [0.25, 0.3) is 5.78 Å². The number of rotatable bonds is 3. The van der Waals surface area contributed by atoms with Crippen molar-refractivity contribution in [1.82, 2.24) is 24.6 Å². The molecule has 2 rings (SSSR count). The van der Waals surface area contributed by atoms with Crippen molar-refractivity contribution in [1.29, 1.82) is 0 Å². The lowest BCUT2D eigenvalue weighted by molar-refractivity contribution is -0.0733. The van der Waals surface area contributed by atoms with Gasteiger partial charge in [0.05, 0.1) is 6.54 Å². The van der Waals surface area contributed by atoms with Crippen molar-refractivity contribution in [3.63, 3.8) is 0 Å². The van der Waals surface area contributed by atoms with E-state index in [2.05, 4.69) is 15.1 Å². The van der Waals surface area contributed by atoms with Gasteiger partial charge in [-0.1, -0.05) is 13.8 Å². The summed E-state index contributed by atoms with van der Waals surface area (Å²) in [5, 5.41) is 14.6. The lowest BCUT2D eigenvalue weighted by Crippen LogP contribution is -2.12. The topological polar surface area (TPSA) is 66.5 Å². The van der Waals surface area contributed by atoms with Gasteiger partial charge < -0.3 is 5.21 Å². The summed E-state index contributed by atoms with van der Waals surface area (Å²) in [5.41, 5.74) is 0.887. The number of nitrogens with zero attached hydrogens (tertiary/aromatic N) is 5. The number of fused-ring (bicyclic) bond motifs is 1. The predicted octanol–water partition coefficient (Wildman–Crippen LogP) is 1.07. The molecule has 86 valence electrons.